The van der Waals surface area contributed by atoms with Gasteiger partial charge in [0.05, 0.1) is 0 Å². The highest BCUT2D eigenvalue weighted by molar-refractivity contribution is 7.97. The molecule has 1 fully saturated rings. The SMILES string of the molecule is CC(=O)N(CC(=O)O)SCC1CCCCC1. The molecule has 4 nitrogen and oxygen atoms in total. The Morgan fingerprint density at radius 2 is 1.94 bits per heavy atom. The highest BCUT2D eigenvalue weighted by Crippen LogP contribution is 2.27. The van der Waals surface area contributed by atoms with Crippen LogP contribution < -0.4 is 0 Å². The molecule has 0 atom stereocenters. The summed E-state index contributed by atoms with van der Waals surface area (Å²) in [5.41, 5.74) is 0. The Kier molecular flexibility index (Phi) is 5.66. The molecule has 1 aliphatic rings. The van der Waals surface area contributed by atoms with Crippen LogP contribution in [-0.2, 0) is 9.59 Å². The lowest BCUT2D eigenvalue weighted by atomic mass is 9.91. The van der Waals surface area contributed by atoms with Crippen molar-refractivity contribution in [2.24, 2.45) is 5.92 Å². The van der Waals surface area contributed by atoms with E-state index in [-0.39, 0.29) is 12.5 Å². The van der Waals surface area contributed by atoms with Crippen LogP contribution in [0.2, 0.25) is 0 Å². The Hall–Kier alpha value is -0.710. The molecule has 0 heterocycles. The van der Waals surface area contributed by atoms with Crippen LogP contribution in [0.5, 0.6) is 0 Å². The summed E-state index contributed by atoms with van der Waals surface area (Å²) in [7, 11) is 0. The number of hydrogen-bond donors (Lipinski definition) is 1. The number of carboxylic acid groups (broad SMARTS) is 1. The van der Waals surface area contributed by atoms with Gasteiger partial charge in [0.15, 0.2) is 0 Å². The third-order valence-corrected chi connectivity index (χ3v) is 4.14. The molecule has 1 saturated carbocycles. The maximum atomic E-state index is 11.2. The van der Waals surface area contributed by atoms with E-state index in [0.717, 1.165) is 5.75 Å². The second kappa shape index (κ2) is 6.78. The van der Waals surface area contributed by atoms with Crippen LogP contribution in [0.1, 0.15) is 39.0 Å². The van der Waals surface area contributed by atoms with Gasteiger partial charge in [-0.05, 0) is 30.7 Å². The number of carbonyl (C=O) groups is 2. The molecule has 0 unspecified atom stereocenters. The first-order valence-electron chi connectivity index (χ1n) is 5.72. The van der Waals surface area contributed by atoms with Crippen LogP contribution in [0.3, 0.4) is 0 Å². The van der Waals surface area contributed by atoms with Crippen molar-refractivity contribution in [2.45, 2.75) is 39.0 Å². The molecule has 0 saturated heterocycles. The second-order valence-electron chi connectivity index (χ2n) is 4.25. The van der Waals surface area contributed by atoms with Gasteiger partial charge < -0.3 is 5.11 Å². The van der Waals surface area contributed by atoms with Crippen LogP contribution in [-0.4, -0.2) is 33.6 Å². The maximum absolute atomic E-state index is 11.2. The van der Waals surface area contributed by atoms with Crippen molar-refractivity contribution in [3.63, 3.8) is 0 Å². The second-order valence-corrected chi connectivity index (χ2v) is 5.28. The van der Waals surface area contributed by atoms with Crippen LogP contribution in [0, 0.1) is 5.92 Å². The molecule has 0 aliphatic heterocycles. The quantitative estimate of drug-likeness (QED) is 0.754. The van der Waals surface area contributed by atoms with Gasteiger partial charge in [-0.25, -0.2) is 0 Å². The molecule has 0 aromatic carbocycles. The third kappa shape index (κ3) is 4.88. The van der Waals surface area contributed by atoms with Gasteiger partial charge in [-0.1, -0.05) is 19.3 Å². The topological polar surface area (TPSA) is 57.6 Å². The predicted molar refractivity (Wildman–Crippen MR) is 64.1 cm³/mol. The molecule has 1 aliphatic carbocycles. The van der Waals surface area contributed by atoms with Crippen LogP contribution in [0.25, 0.3) is 0 Å². The summed E-state index contributed by atoms with van der Waals surface area (Å²) in [5.74, 6) is 0.385. The van der Waals surface area contributed by atoms with E-state index in [0.29, 0.717) is 5.92 Å². The van der Waals surface area contributed by atoms with E-state index in [4.69, 9.17) is 5.11 Å². The fraction of sp³-hybridized carbons (Fsp3) is 0.818. The third-order valence-electron chi connectivity index (χ3n) is 2.82. The zero-order valence-electron chi connectivity index (χ0n) is 9.65. The minimum absolute atomic E-state index is 0.178. The van der Waals surface area contributed by atoms with Gasteiger partial charge in [0.1, 0.15) is 6.54 Å². The first-order valence-corrected chi connectivity index (χ1v) is 6.66. The van der Waals surface area contributed by atoms with Crippen molar-refractivity contribution >= 4 is 23.8 Å². The molecule has 0 aromatic rings. The number of carboxylic acids is 1. The molecular weight excluding hydrogens is 226 g/mol. The largest absolute Gasteiger partial charge is 0.480 e. The van der Waals surface area contributed by atoms with E-state index < -0.39 is 5.97 Å². The number of rotatable bonds is 5. The predicted octanol–water partition coefficient (Wildman–Crippen LogP) is 2.15. The molecule has 92 valence electrons. The van der Waals surface area contributed by atoms with Crippen molar-refractivity contribution < 1.29 is 14.7 Å². The Morgan fingerprint density at radius 1 is 1.31 bits per heavy atom. The van der Waals surface area contributed by atoms with Crippen molar-refractivity contribution in [1.82, 2.24) is 4.31 Å². The summed E-state index contributed by atoms with van der Waals surface area (Å²) in [6.07, 6.45) is 6.28. The van der Waals surface area contributed by atoms with Gasteiger partial charge in [-0.15, -0.1) is 0 Å². The Morgan fingerprint density at radius 3 is 2.44 bits per heavy atom. The number of carbonyl (C=O) groups excluding carboxylic acids is 1. The molecule has 0 radical (unpaired) electrons. The monoisotopic (exact) mass is 245 g/mol. The lowest BCUT2D eigenvalue weighted by Gasteiger charge is -2.24. The van der Waals surface area contributed by atoms with Gasteiger partial charge >= 0.3 is 5.97 Å². The highest BCUT2D eigenvalue weighted by atomic mass is 32.2. The van der Waals surface area contributed by atoms with E-state index in [2.05, 4.69) is 0 Å². The average molecular weight is 245 g/mol. The van der Waals surface area contributed by atoms with Crippen LogP contribution >= 0.6 is 11.9 Å². The molecule has 5 heteroatoms. The first-order chi connectivity index (χ1) is 7.59. The number of nitrogens with zero attached hydrogens (tertiary/aromatic N) is 1. The lowest BCUT2D eigenvalue weighted by molar-refractivity contribution is -0.140. The molecule has 0 spiro atoms. The molecule has 0 bridgehead atoms. The Balaban J connectivity index is 2.30. The molecule has 1 N–H and O–H groups in total. The first kappa shape index (κ1) is 13.4. The Bertz CT molecular complexity index is 252. The van der Waals surface area contributed by atoms with Crippen LogP contribution in [0.4, 0.5) is 0 Å². The van der Waals surface area contributed by atoms with E-state index in [1.807, 2.05) is 0 Å². The summed E-state index contributed by atoms with van der Waals surface area (Å²) < 4.78 is 1.34. The normalized spacial score (nSPS) is 17.1. The fourth-order valence-electron chi connectivity index (χ4n) is 1.92. The Labute approximate surface area is 101 Å². The summed E-state index contributed by atoms with van der Waals surface area (Å²) in [5, 5.41) is 8.66. The molecule has 0 aromatic heterocycles. The minimum atomic E-state index is -0.952. The fourth-order valence-corrected chi connectivity index (χ4v) is 3.03. The zero-order valence-corrected chi connectivity index (χ0v) is 10.5. The van der Waals surface area contributed by atoms with Gasteiger partial charge in [-0.2, -0.15) is 0 Å². The van der Waals surface area contributed by atoms with Crippen molar-refractivity contribution in [1.29, 1.82) is 0 Å². The lowest BCUT2D eigenvalue weighted by Crippen LogP contribution is -2.29. The maximum Gasteiger partial charge on any atom is 0.324 e. The summed E-state index contributed by atoms with van der Waals surface area (Å²) >= 11 is 1.37. The van der Waals surface area contributed by atoms with Gasteiger partial charge in [0.2, 0.25) is 5.91 Å². The highest BCUT2D eigenvalue weighted by Gasteiger charge is 2.18. The zero-order chi connectivity index (χ0) is 12.0. The number of aliphatic carboxylic acids is 1. The average Bonchev–Trinajstić information content (AvgIpc) is 2.25. The molecule has 1 amide bonds. The number of amides is 1. The number of hydrogen-bond acceptors (Lipinski definition) is 3. The van der Waals surface area contributed by atoms with Gasteiger partial charge in [0, 0.05) is 12.7 Å². The minimum Gasteiger partial charge on any atom is -0.480 e. The van der Waals surface area contributed by atoms with E-state index >= 15 is 0 Å². The van der Waals surface area contributed by atoms with E-state index in [1.165, 1.54) is 55.3 Å². The van der Waals surface area contributed by atoms with E-state index in [1.54, 1.807) is 0 Å². The standard InChI is InChI=1S/C11H19NO3S/c1-9(13)12(7-11(14)15)16-8-10-5-3-2-4-6-10/h10H,2-8H2,1H3,(H,14,15). The van der Waals surface area contributed by atoms with Crippen LogP contribution in [0.15, 0.2) is 0 Å². The molecule has 16 heavy (non-hydrogen) atoms. The van der Waals surface area contributed by atoms with E-state index in [9.17, 15) is 9.59 Å². The van der Waals surface area contributed by atoms with Gasteiger partial charge in [0.25, 0.3) is 0 Å². The summed E-state index contributed by atoms with van der Waals surface area (Å²) in [6, 6.07) is 0. The van der Waals surface area contributed by atoms with Gasteiger partial charge in [-0.3, -0.25) is 13.9 Å². The van der Waals surface area contributed by atoms with Crippen molar-refractivity contribution in [3.8, 4) is 0 Å². The van der Waals surface area contributed by atoms with Crippen molar-refractivity contribution in [2.75, 3.05) is 12.3 Å². The summed E-state index contributed by atoms with van der Waals surface area (Å²) in [6.45, 7) is 1.21. The summed E-state index contributed by atoms with van der Waals surface area (Å²) in [4.78, 5) is 21.8. The molecule has 1 rings (SSSR count). The van der Waals surface area contributed by atoms with Crippen molar-refractivity contribution in [3.05, 3.63) is 0 Å². The molecular formula is C11H19NO3S. The smallest absolute Gasteiger partial charge is 0.324 e.